The van der Waals surface area contributed by atoms with Crippen molar-refractivity contribution in [3.8, 4) is 0 Å². The zero-order valence-electron chi connectivity index (χ0n) is 13.2. The van der Waals surface area contributed by atoms with Gasteiger partial charge < -0.3 is 10.6 Å². The number of likely N-dealkylation sites (tertiary alicyclic amines) is 1. The van der Waals surface area contributed by atoms with Gasteiger partial charge >= 0.3 is 0 Å². The van der Waals surface area contributed by atoms with E-state index in [0.29, 0.717) is 12.6 Å². The SMILES string of the molecule is CN(C)C1CCCN(C(C)(CN)Cc2ccccc2)C1. The Bertz CT molecular complexity index is 404. The van der Waals surface area contributed by atoms with Crippen molar-refractivity contribution >= 4 is 0 Å². The van der Waals surface area contributed by atoms with Gasteiger partial charge in [-0.25, -0.2) is 0 Å². The Kier molecular flexibility index (Phi) is 5.19. The zero-order chi connectivity index (χ0) is 14.6. The van der Waals surface area contributed by atoms with E-state index in [0.717, 1.165) is 13.0 Å². The monoisotopic (exact) mass is 275 g/mol. The Morgan fingerprint density at radius 2 is 2.00 bits per heavy atom. The van der Waals surface area contributed by atoms with Crippen LogP contribution >= 0.6 is 0 Å². The summed E-state index contributed by atoms with van der Waals surface area (Å²) < 4.78 is 0. The number of nitrogens with two attached hydrogens (primary N) is 1. The summed E-state index contributed by atoms with van der Waals surface area (Å²) in [6, 6.07) is 11.4. The van der Waals surface area contributed by atoms with Gasteiger partial charge in [-0.3, -0.25) is 4.90 Å². The number of rotatable bonds is 5. The van der Waals surface area contributed by atoms with Crippen LogP contribution in [-0.4, -0.2) is 55.1 Å². The third kappa shape index (κ3) is 3.60. The number of piperidine rings is 1. The summed E-state index contributed by atoms with van der Waals surface area (Å²) in [4.78, 5) is 4.96. The number of likely N-dealkylation sites (N-methyl/N-ethyl adjacent to an activating group) is 1. The first-order valence-corrected chi connectivity index (χ1v) is 7.70. The van der Waals surface area contributed by atoms with Crippen molar-refractivity contribution < 1.29 is 0 Å². The van der Waals surface area contributed by atoms with E-state index < -0.39 is 0 Å². The summed E-state index contributed by atoms with van der Waals surface area (Å²) >= 11 is 0. The lowest BCUT2D eigenvalue weighted by Crippen LogP contribution is -2.59. The summed E-state index contributed by atoms with van der Waals surface area (Å²) in [5.41, 5.74) is 7.60. The average molecular weight is 275 g/mol. The standard InChI is InChI=1S/C17H29N3/c1-17(14-18,12-15-8-5-4-6-9-15)20-11-7-10-16(13-20)19(2)3/h4-6,8-9,16H,7,10-14,18H2,1-3H3. The van der Waals surface area contributed by atoms with E-state index in [2.05, 4.69) is 61.2 Å². The molecule has 1 heterocycles. The van der Waals surface area contributed by atoms with Crippen LogP contribution in [0.4, 0.5) is 0 Å². The molecule has 2 atom stereocenters. The van der Waals surface area contributed by atoms with Gasteiger partial charge in [-0.2, -0.15) is 0 Å². The van der Waals surface area contributed by atoms with E-state index in [1.54, 1.807) is 0 Å². The quantitative estimate of drug-likeness (QED) is 0.892. The van der Waals surface area contributed by atoms with E-state index in [1.165, 1.54) is 24.9 Å². The Morgan fingerprint density at radius 3 is 2.60 bits per heavy atom. The fraction of sp³-hybridized carbons (Fsp3) is 0.647. The van der Waals surface area contributed by atoms with E-state index in [1.807, 2.05) is 0 Å². The molecule has 3 heteroatoms. The van der Waals surface area contributed by atoms with Crippen LogP contribution < -0.4 is 5.73 Å². The van der Waals surface area contributed by atoms with Crippen LogP contribution in [0.5, 0.6) is 0 Å². The van der Waals surface area contributed by atoms with Gasteiger partial charge in [-0.05, 0) is 52.4 Å². The van der Waals surface area contributed by atoms with Crippen molar-refractivity contribution in [3.63, 3.8) is 0 Å². The second-order valence-electron chi connectivity index (χ2n) is 6.57. The minimum atomic E-state index is 0.0655. The molecule has 1 saturated heterocycles. The summed E-state index contributed by atoms with van der Waals surface area (Å²) in [6.07, 6.45) is 3.60. The molecule has 1 aliphatic rings. The molecule has 2 N–H and O–H groups in total. The highest BCUT2D eigenvalue weighted by Gasteiger charge is 2.34. The van der Waals surface area contributed by atoms with Gasteiger partial charge in [-0.15, -0.1) is 0 Å². The van der Waals surface area contributed by atoms with Gasteiger partial charge in [0.2, 0.25) is 0 Å². The Labute approximate surface area is 123 Å². The molecule has 0 saturated carbocycles. The first kappa shape index (κ1) is 15.5. The number of hydrogen-bond donors (Lipinski definition) is 1. The minimum Gasteiger partial charge on any atom is -0.329 e. The minimum absolute atomic E-state index is 0.0655. The van der Waals surface area contributed by atoms with Crippen LogP contribution in [0.15, 0.2) is 30.3 Å². The molecule has 1 aromatic carbocycles. The molecule has 1 aliphatic heterocycles. The molecule has 1 fully saturated rings. The van der Waals surface area contributed by atoms with Crippen molar-refractivity contribution in [2.75, 3.05) is 33.7 Å². The molecule has 0 spiro atoms. The van der Waals surface area contributed by atoms with Gasteiger partial charge in [0.1, 0.15) is 0 Å². The van der Waals surface area contributed by atoms with Gasteiger partial charge in [0.15, 0.2) is 0 Å². The lowest BCUT2D eigenvalue weighted by atomic mass is 9.88. The predicted octanol–water partition coefficient (Wildman–Crippen LogP) is 1.97. The van der Waals surface area contributed by atoms with Gasteiger partial charge in [0, 0.05) is 24.7 Å². The third-order valence-electron chi connectivity index (χ3n) is 4.76. The summed E-state index contributed by atoms with van der Waals surface area (Å²) in [7, 11) is 4.37. The topological polar surface area (TPSA) is 32.5 Å². The summed E-state index contributed by atoms with van der Waals surface area (Å²) in [5.74, 6) is 0. The lowest BCUT2D eigenvalue weighted by Gasteiger charge is -2.46. The second kappa shape index (κ2) is 6.70. The lowest BCUT2D eigenvalue weighted by molar-refractivity contribution is 0.0455. The van der Waals surface area contributed by atoms with Crippen LogP contribution in [0.3, 0.4) is 0 Å². The van der Waals surface area contributed by atoms with Crippen LogP contribution in [0, 0.1) is 0 Å². The van der Waals surface area contributed by atoms with Crippen LogP contribution in [0.1, 0.15) is 25.3 Å². The third-order valence-corrected chi connectivity index (χ3v) is 4.76. The number of hydrogen-bond acceptors (Lipinski definition) is 3. The zero-order valence-corrected chi connectivity index (χ0v) is 13.2. The van der Waals surface area contributed by atoms with Gasteiger partial charge in [0.05, 0.1) is 0 Å². The maximum absolute atomic E-state index is 6.15. The molecule has 0 radical (unpaired) electrons. The van der Waals surface area contributed by atoms with Crippen LogP contribution in [-0.2, 0) is 6.42 Å². The van der Waals surface area contributed by atoms with Gasteiger partial charge in [0.25, 0.3) is 0 Å². The highest BCUT2D eigenvalue weighted by Crippen LogP contribution is 2.25. The van der Waals surface area contributed by atoms with Crippen molar-refractivity contribution in [2.45, 2.75) is 37.8 Å². The molecule has 0 amide bonds. The van der Waals surface area contributed by atoms with Crippen molar-refractivity contribution in [1.82, 2.24) is 9.80 Å². The van der Waals surface area contributed by atoms with Crippen LogP contribution in [0.25, 0.3) is 0 Å². The first-order chi connectivity index (χ1) is 9.55. The first-order valence-electron chi connectivity index (χ1n) is 7.70. The van der Waals surface area contributed by atoms with Crippen LogP contribution in [0.2, 0.25) is 0 Å². The molecular formula is C17H29N3. The Balaban J connectivity index is 2.09. The molecule has 2 unspecified atom stereocenters. The molecule has 0 aliphatic carbocycles. The molecule has 0 aromatic heterocycles. The Morgan fingerprint density at radius 1 is 1.30 bits per heavy atom. The molecule has 20 heavy (non-hydrogen) atoms. The van der Waals surface area contributed by atoms with Crippen molar-refractivity contribution in [2.24, 2.45) is 5.73 Å². The molecule has 112 valence electrons. The highest BCUT2D eigenvalue weighted by atomic mass is 15.3. The molecule has 2 rings (SSSR count). The summed E-state index contributed by atoms with van der Waals surface area (Å²) in [5, 5.41) is 0. The highest BCUT2D eigenvalue weighted by molar-refractivity contribution is 5.18. The normalized spacial score (nSPS) is 23.8. The maximum Gasteiger partial charge on any atom is 0.0344 e. The van der Waals surface area contributed by atoms with Crippen molar-refractivity contribution in [1.29, 1.82) is 0 Å². The second-order valence-corrected chi connectivity index (χ2v) is 6.57. The molecular weight excluding hydrogens is 246 g/mol. The predicted molar refractivity (Wildman–Crippen MR) is 85.9 cm³/mol. The maximum atomic E-state index is 6.15. The fourth-order valence-corrected chi connectivity index (χ4v) is 3.22. The largest absolute Gasteiger partial charge is 0.329 e. The van der Waals surface area contributed by atoms with E-state index in [4.69, 9.17) is 5.73 Å². The van der Waals surface area contributed by atoms with E-state index in [9.17, 15) is 0 Å². The van der Waals surface area contributed by atoms with Gasteiger partial charge in [-0.1, -0.05) is 30.3 Å². The van der Waals surface area contributed by atoms with Crippen molar-refractivity contribution in [3.05, 3.63) is 35.9 Å². The Hall–Kier alpha value is -0.900. The molecule has 3 nitrogen and oxygen atoms in total. The fourth-order valence-electron chi connectivity index (χ4n) is 3.22. The number of benzene rings is 1. The van der Waals surface area contributed by atoms with E-state index in [-0.39, 0.29) is 5.54 Å². The van der Waals surface area contributed by atoms with E-state index >= 15 is 0 Å². The number of nitrogens with zero attached hydrogens (tertiary/aromatic N) is 2. The smallest absolute Gasteiger partial charge is 0.0344 e. The summed E-state index contributed by atoms with van der Waals surface area (Å²) in [6.45, 7) is 5.33. The molecule has 1 aromatic rings. The molecule has 0 bridgehead atoms. The average Bonchev–Trinajstić information content (AvgIpc) is 2.48.